The fraction of sp³-hybridized carbons (Fsp3) is 0.143. The van der Waals surface area contributed by atoms with Gasteiger partial charge in [-0.25, -0.2) is 14.8 Å². The van der Waals surface area contributed by atoms with Crippen molar-refractivity contribution in [2.75, 3.05) is 24.4 Å². The largest absolute Gasteiger partial charge is 0.497 e. The molecule has 0 atom stereocenters. The molecular formula is C21H19ClN4O4. The first kappa shape index (κ1) is 21.1. The Morgan fingerprint density at radius 2 is 1.80 bits per heavy atom. The standard InChI is InChI=1S/C21H19ClN4O4/c1-3-30-21(28)25-14-6-9-17(22)16(10-14)20(27)26-19-11-18(23-12-24-19)13-4-7-15(29-2)8-5-13/h4-12H,3H2,1-2H3,(H,25,28)(H,23,24,26,27). The molecule has 0 aliphatic carbocycles. The number of rotatable bonds is 6. The fourth-order valence-electron chi connectivity index (χ4n) is 2.59. The molecule has 0 aliphatic heterocycles. The number of nitrogens with zero attached hydrogens (tertiary/aromatic N) is 2. The number of carbonyl (C=O) groups excluding carboxylic acids is 2. The third-order valence-electron chi connectivity index (χ3n) is 4.03. The maximum Gasteiger partial charge on any atom is 0.411 e. The minimum atomic E-state index is -0.619. The third-order valence-corrected chi connectivity index (χ3v) is 4.36. The topological polar surface area (TPSA) is 102 Å². The summed E-state index contributed by atoms with van der Waals surface area (Å²) in [7, 11) is 1.59. The molecule has 0 radical (unpaired) electrons. The number of amides is 2. The quantitative estimate of drug-likeness (QED) is 0.595. The van der Waals surface area contributed by atoms with E-state index in [4.69, 9.17) is 21.1 Å². The predicted octanol–water partition coefficient (Wildman–Crippen LogP) is 4.63. The number of benzene rings is 2. The van der Waals surface area contributed by atoms with Crippen LogP contribution in [-0.4, -0.2) is 35.7 Å². The molecule has 3 rings (SSSR count). The van der Waals surface area contributed by atoms with Gasteiger partial charge in [0.05, 0.1) is 30.0 Å². The van der Waals surface area contributed by atoms with E-state index in [1.807, 2.05) is 24.3 Å². The van der Waals surface area contributed by atoms with E-state index in [9.17, 15) is 9.59 Å². The van der Waals surface area contributed by atoms with Gasteiger partial charge >= 0.3 is 6.09 Å². The Kier molecular flexibility index (Phi) is 6.82. The summed E-state index contributed by atoms with van der Waals surface area (Å²) < 4.78 is 9.99. The highest BCUT2D eigenvalue weighted by Gasteiger charge is 2.14. The monoisotopic (exact) mass is 426 g/mol. The van der Waals surface area contributed by atoms with Crippen molar-refractivity contribution in [3.63, 3.8) is 0 Å². The number of methoxy groups -OCH3 is 1. The van der Waals surface area contributed by atoms with Gasteiger partial charge < -0.3 is 14.8 Å². The van der Waals surface area contributed by atoms with Gasteiger partial charge in [0.15, 0.2) is 0 Å². The van der Waals surface area contributed by atoms with Gasteiger partial charge in [-0.2, -0.15) is 0 Å². The van der Waals surface area contributed by atoms with Crippen molar-refractivity contribution >= 4 is 35.1 Å². The lowest BCUT2D eigenvalue weighted by Crippen LogP contribution is -2.16. The van der Waals surface area contributed by atoms with Crippen molar-refractivity contribution in [3.05, 3.63) is 65.4 Å². The van der Waals surface area contributed by atoms with Gasteiger partial charge in [0.2, 0.25) is 0 Å². The molecule has 3 aromatic rings. The second kappa shape index (κ2) is 9.71. The van der Waals surface area contributed by atoms with E-state index in [-0.39, 0.29) is 17.2 Å². The number of hydrogen-bond donors (Lipinski definition) is 2. The molecule has 0 saturated heterocycles. The number of ether oxygens (including phenoxy) is 2. The van der Waals surface area contributed by atoms with Crippen molar-refractivity contribution in [1.82, 2.24) is 9.97 Å². The molecule has 2 N–H and O–H groups in total. The van der Waals surface area contributed by atoms with E-state index in [1.54, 1.807) is 26.2 Å². The molecule has 2 aromatic carbocycles. The van der Waals surface area contributed by atoms with Crippen LogP contribution < -0.4 is 15.4 Å². The van der Waals surface area contributed by atoms with Crippen molar-refractivity contribution in [2.45, 2.75) is 6.92 Å². The second-order valence-corrected chi connectivity index (χ2v) is 6.42. The van der Waals surface area contributed by atoms with E-state index in [1.165, 1.54) is 18.5 Å². The van der Waals surface area contributed by atoms with Crippen molar-refractivity contribution in [1.29, 1.82) is 0 Å². The first-order valence-corrected chi connectivity index (χ1v) is 9.39. The summed E-state index contributed by atoms with van der Waals surface area (Å²) in [5, 5.41) is 5.46. The van der Waals surface area contributed by atoms with Gasteiger partial charge in [-0.1, -0.05) is 11.6 Å². The normalized spacial score (nSPS) is 10.2. The van der Waals surface area contributed by atoms with E-state index in [0.29, 0.717) is 17.2 Å². The second-order valence-electron chi connectivity index (χ2n) is 6.01. The van der Waals surface area contributed by atoms with Crippen LogP contribution in [0.1, 0.15) is 17.3 Å². The van der Waals surface area contributed by atoms with Crippen LogP contribution in [0.5, 0.6) is 5.75 Å². The molecule has 0 fully saturated rings. The van der Waals surface area contributed by atoms with Gasteiger partial charge in [0, 0.05) is 17.3 Å². The van der Waals surface area contributed by atoms with Crippen molar-refractivity contribution in [2.24, 2.45) is 0 Å². The molecule has 0 aliphatic rings. The number of halogens is 1. The van der Waals surface area contributed by atoms with Crippen molar-refractivity contribution < 1.29 is 19.1 Å². The van der Waals surface area contributed by atoms with E-state index >= 15 is 0 Å². The fourth-order valence-corrected chi connectivity index (χ4v) is 2.79. The Hall–Kier alpha value is -3.65. The lowest BCUT2D eigenvalue weighted by molar-refractivity contribution is 0.102. The van der Waals surface area contributed by atoms with Gasteiger partial charge in [-0.3, -0.25) is 10.1 Å². The smallest absolute Gasteiger partial charge is 0.411 e. The van der Waals surface area contributed by atoms with E-state index < -0.39 is 12.0 Å². The van der Waals surface area contributed by atoms with E-state index in [2.05, 4.69) is 20.6 Å². The molecular weight excluding hydrogens is 408 g/mol. The predicted molar refractivity (Wildman–Crippen MR) is 114 cm³/mol. The van der Waals surface area contributed by atoms with Crippen molar-refractivity contribution in [3.8, 4) is 17.0 Å². The molecule has 0 unspecified atom stereocenters. The SMILES string of the molecule is CCOC(=O)Nc1ccc(Cl)c(C(=O)Nc2cc(-c3ccc(OC)cc3)ncn2)c1. The summed E-state index contributed by atoms with van der Waals surface area (Å²) in [5.41, 5.74) is 2.03. The zero-order valence-electron chi connectivity index (χ0n) is 16.3. The summed E-state index contributed by atoms with van der Waals surface area (Å²) in [5.74, 6) is 0.555. The van der Waals surface area contributed by atoms with Gasteiger partial charge in [-0.15, -0.1) is 0 Å². The zero-order valence-corrected chi connectivity index (χ0v) is 17.1. The first-order valence-electron chi connectivity index (χ1n) is 9.01. The molecule has 0 bridgehead atoms. The lowest BCUT2D eigenvalue weighted by Gasteiger charge is -2.10. The Bertz CT molecular complexity index is 1060. The summed E-state index contributed by atoms with van der Waals surface area (Å²) in [6.07, 6.45) is 0.737. The lowest BCUT2D eigenvalue weighted by atomic mass is 10.1. The Labute approximate surface area is 178 Å². The van der Waals surface area contributed by atoms with Crippen LogP contribution in [0.15, 0.2) is 54.9 Å². The average molecular weight is 427 g/mol. The first-order chi connectivity index (χ1) is 14.5. The highest BCUT2D eigenvalue weighted by Crippen LogP contribution is 2.24. The molecule has 9 heteroatoms. The van der Waals surface area contributed by atoms with Crippen LogP contribution in [0, 0.1) is 0 Å². The Balaban J connectivity index is 1.78. The molecule has 154 valence electrons. The molecule has 0 spiro atoms. The number of anilines is 2. The molecule has 1 heterocycles. The number of hydrogen-bond acceptors (Lipinski definition) is 6. The summed E-state index contributed by atoms with van der Waals surface area (Å²) in [4.78, 5) is 32.6. The highest BCUT2D eigenvalue weighted by molar-refractivity contribution is 6.34. The van der Waals surface area contributed by atoms with Crippen LogP contribution in [-0.2, 0) is 4.74 Å². The van der Waals surface area contributed by atoms with Crippen LogP contribution in [0.3, 0.4) is 0 Å². The Morgan fingerprint density at radius 3 is 2.50 bits per heavy atom. The van der Waals surface area contributed by atoms with Gasteiger partial charge in [-0.05, 0) is 49.4 Å². The minimum Gasteiger partial charge on any atom is -0.497 e. The zero-order chi connectivity index (χ0) is 21.5. The van der Waals surface area contributed by atoms with Gasteiger partial charge in [0.1, 0.15) is 17.9 Å². The molecule has 30 heavy (non-hydrogen) atoms. The maximum atomic E-state index is 12.7. The number of carbonyl (C=O) groups is 2. The number of nitrogens with one attached hydrogen (secondary N) is 2. The average Bonchev–Trinajstić information content (AvgIpc) is 2.75. The van der Waals surface area contributed by atoms with Crippen LogP contribution in [0.4, 0.5) is 16.3 Å². The summed E-state index contributed by atoms with van der Waals surface area (Å²) >= 11 is 6.16. The van der Waals surface area contributed by atoms with E-state index in [0.717, 1.165) is 11.3 Å². The summed E-state index contributed by atoms with van der Waals surface area (Å²) in [6, 6.07) is 13.5. The molecule has 1 aromatic heterocycles. The van der Waals surface area contributed by atoms with Crippen LogP contribution in [0.2, 0.25) is 5.02 Å². The molecule has 0 saturated carbocycles. The maximum absolute atomic E-state index is 12.7. The summed E-state index contributed by atoms with van der Waals surface area (Å²) in [6.45, 7) is 1.93. The number of aromatic nitrogens is 2. The third kappa shape index (κ3) is 5.24. The Morgan fingerprint density at radius 1 is 1.03 bits per heavy atom. The minimum absolute atomic E-state index is 0.176. The van der Waals surface area contributed by atoms with Crippen LogP contribution >= 0.6 is 11.6 Å². The highest BCUT2D eigenvalue weighted by atomic mass is 35.5. The van der Waals surface area contributed by atoms with Crippen LogP contribution in [0.25, 0.3) is 11.3 Å². The molecule has 2 amide bonds. The molecule has 8 nitrogen and oxygen atoms in total. The van der Waals surface area contributed by atoms with Gasteiger partial charge in [0.25, 0.3) is 5.91 Å².